The third kappa shape index (κ3) is 2.47. The van der Waals surface area contributed by atoms with Gasteiger partial charge in [0.2, 0.25) is 0 Å². The maximum absolute atomic E-state index is 11.2. The predicted octanol–water partition coefficient (Wildman–Crippen LogP) is 0.896. The molecule has 0 aliphatic carbocycles. The molecule has 2 aliphatic rings. The van der Waals surface area contributed by atoms with Crippen molar-refractivity contribution >= 4 is 11.6 Å². The number of anilines is 1. The Morgan fingerprint density at radius 2 is 2.39 bits per heavy atom. The van der Waals surface area contributed by atoms with E-state index in [-0.39, 0.29) is 12.5 Å². The predicted molar refractivity (Wildman–Crippen MR) is 66.6 cm³/mol. The van der Waals surface area contributed by atoms with Crippen LogP contribution in [0.25, 0.3) is 0 Å². The molecule has 1 amide bonds. The van der Waals surface area contributed by atoms with E-state index in [0.717, 1.165) is 43.2 Å². The van der Waals surface area contributed by atoms with Crippen LogP contribution in [-0.4, -0.2) is 31.8 Å². The summed E-state index contributed by atoms with van der Waals surface area (Å²) >= 11 is 0. The Morgan fingerprint density at radius 3 is 3.22 bits per heavy atom. The van der Waals surface area contributed by atoms with Crippen LogP contribution in [0.2, 0.25) is 0 Å². The van der Waals surface area contributed by atoms with E-state index in [1.165, 1.54) is 0 Å². The highest BCUT2D eigenvalue weighted by Crippen LogP contribution is 2.28. The minimum absolute atomic E-state index is 0.100. The highest BCUT2D eigenvalue weighted by atomic mass is 16.5. The maximum atomic E-state index is 11.2. The summed E-state index contributed by atoms with van der Waals surface area (Å²) < 4.78 is 10.6. The monoisotopic (exact) mass is 248 g/mol. The number of nitrogens with one attached hydrogen (secondary N) is 2. The van der Waals surface area contributed by atoms with Crippen LogP contribution in [0.1, 0.15) is 12.0 Å². The van der Waals surface area contributed by atoms with E-state index in [2.05, 4.69) is 10.6 Å². The minimum atomic E-state index is -0.100. The molecule has 1 atom stereocenters. The first kappa shape index (κ1) is 11.5. The van der Waals surface area contributed by atoms with Gasteiger partial charge in [0.05, 0.1) is 12.3 Å². The van der Waals surface area contributed by atoms with Gasteiger partial charge >= 0.3 is 0 Å². The smallest absolute Gasteiger partial charge is 0.262 e. The molecule has 0 aromatic heterocycles. The second-order valence-electron chi connectivity index (χ2n) is 4.61. The molecule has 0 saturated carbocycles. The molecule has 0 spiro atoms. The van der Waals surface area contributed by atoms with Crippen molar-refractivity contribution in [1.29, 1.82) is 0 Å². The van der Waals surface area contributed by atoms with Gasteiger partial charge in [-0.05, 0) is 24.1 Å². The fourth-order valence-corrected chi connectivity index (χ4v) is 2.20. The molecule has 2 aliphatic heterocycles. The number of benzene rings is 1. The summed E-state index contributed by atoms with van der Waals surface area (Å²) in [6, 6.07) is 6.30. The molecule has 2 N–H and O–H groups in total. The number of amides is 1. The molecular formula is C13H16N2O3. The molecule has 0 radical (unpaired) electrons. The van der Waals surface area contributed by atoms with Crippen LogP contribution in [0.15, 0.2) is 18.2 Å². The molecule has 5 nitrogen and oxygen atoms in total. The number of carbonyl (C=O) groups excluding carboxylic acids is 1. The number of hydrogen-bond acceptors (Lipinski definition) is 4. The summed E-state index contributed by atoms with van der Waals surface area (Å²) in [6.45, 7) is 2.50. The first-order valence-electron chi connectivity index (χ1n) is 6.18. The number of fused-ring (bicyclic) bond motifs is 1. The van der Waals surface area contributed by atoms with Gasteiger partial charge < -0.3 is 20.1 Å². The molecule has 1 aromatic rings. The van der Waals surface area contributed by atoms with Crippen molar-refractivity contribution in [3.63, 3.8) is 0 Å². The first-order chi connectivity index (χ1) is 8.81. The highest BCUT2D eigenvalue weighted by Gasteiger charge is 2.17. The van der Waals surface area contributed by atoms with Crippen LogP contribution in [0.3, 0.4) is 0 Å². The number of carbonyl (C=O) groups is 1. The fourth-order valence-electron chi connectivity index (χ4n) is 2.20. The SMILES string of the molecule is O=C1COc2ccc(CNC3CCOC3)cc2N1. The van der Waals surface area contributed by atoms with Gasteiger partial charge in [-0.1, -0.05) is 6.07 Å². The van der Waals surface area contributed by atoms with Crippen molar-refractivity contribution in [3.05, 3.63) is 23.8 Å². The lowest BCUT2D eigenvalue weighted by molar-refractivity contribution is -0.118. The summed E-state index contributed by atoms with van der Waals surface area (Å²) in [5, 5.41) is 6.25. The van der Waals surface area contributed by atoms with E-state index < -0.39 is 0 Å². The van der Waals surface area contributed by atoms with E-state index in [1.807, 2.05) is 18.2 Å². The van der Waals surface area contributed by atoms with Crippen molar-refractivity contribution in [3.8, 4) is 5.75 Å². The Bertz CT molecular complexity index is 456. The number of hydrogen-bond donors (Lipinski definition) is 2. The van der Waals surface area contributed by atoms with Gasteiger partial charge in [0.25, 0.3) is 5.91 Å². The molecule has 18 heavy (non-hydrogen) atoms. The van der Waals surface area contributed by atoms with Gasteiger partial charge in [-0.15, -0.1) is 0 Å². The second-order valence-corrected chi connectivity index (χ2v) is 4.61. The van der Waals surface area contributed by atoms with Crippen LogP contribution >= 0.6 is 0 Å². The standard InChI is InChI=1S/C13H16N2O3/c16-13-8-18-12-2-1-9(5-11(12)15-13)6-14-10-3-4-17-7-10/h1-2,5,10,14H,3-4,6-8H2,(H,15,16). The summed E-state index contributed by atoms with van der Waals surface area (Å²) in [4.78, 5) is 11.2. The molecule has 1 saturated heterocycles. The molecule has 1 unspecified atom stereocenters. The van der Waals surface area contributed by atoms with Gasteiger partial charge in [-0.3, -0.25) is 4.79 Å². The van der Waals surface area contributed by atoms with Gasteiger partial charge in [0.1, 0.15) is 5.75 Å². The van der Waals surface area contributed by atoms with Gasteiger partial charge in [-0.25, -0.2) is 0 Å². The maximum Gasteiger partial charge on any atom is 0.262 e. The van der Waals surface area contributed by atoms with Gasteiger partial charge in [0, 0.05) is 19.2 Å². The van der Waals surface area contributed by atoms with E-state index in [4.69, 9.17) is 9.47 Å². The molecular weight excluding hydrogens is 232 g/mol. The second kappa shape index (κ2) is 4.96. The first-order valence-corrected chi connectivity index (χ1v) is 6.18. The molecule has 1 fully saturated rings. The zero-order valence-electron chi connectivity index (χ0n) is 10.1. The average molecular weight is 248 g/mol. The lowest BCUT2D eigenvalue weighted by Gasteiger charge is -2.19. The van der Waals surface area contributed by atoms with Crippen LogP contribution in [-0.2, 0) is 16.1 Å². The van der Waals surface area contributed by atoms with E-state index in [9.17, 15) is 4.79 Å². The van der Waals surface area contributed by atoms with E-state index >= 15 is 0 Å². The average Bonchev–Trinajstić information content (AvgIpc) is 2.89. The Balaban J connectivity index is 1.65. The van der Waals surface area contributed by atoms with E-state index in [1.54, 1.807) is 0 Å². The molecule has 96 valence electrons. The third-order valence-electron chi connectivity index (χ3n) is 3.20. The molecule has 3 rings (SSSR count). The molecule has 1 aromatic carbocycles. The van der Waals surface area contributed by atoms with Crippen molar-refractivity contribution in [2.45, 2.75) is 19.0 Å². The number of rotatable bonds is 3. The van der Waals surface area contributed by atoms with Crippen molar-refractivity contribution in [2.75, 3.05) is 25.1 Å². The molecule has 5 heteroatoms. The summed E-state index contributed by atoms with van der Waals surface area (Å²) in [5.74, 6) is 0.638. The Labute approximate surface area is 105 Å². The highest BCUT2D eigenvalue weighted by molar-refractivity contribution is 5.95. The van der Waals surface area contributed by atoms with Gasteiger partial charge in [-0.2, -0.15) is 0 Å². The van der Waals surface area contributed by atoms with Crippen LogP contribution in [0.4, 0.5) is 5.69 Å². The lowest BCUT2D eigenvalue weighted by Crippen LogP contribution is -2.29. The normalized spacial score (nSPS) is 22.2. The van der Waals surface area contributed by atoms with Crippen LogP contribution in [0, 0.1) is 0 Å². The molecule has 2 heterocycles. The van der Waals surface area contributed by atoms with Crippen LogP contribution in [0.5, 0.6) is 5.75 Å². The Kier molecular flexibility index (Phi) is 3.17. The third-order valence-corrected chi connectivity index (χ3v) is 3.20. The van der Waals surface area contributed by atoms with Crippen LogP contribution < -0.4 is 15.4 Å². The summed E-state index contributed by atoms with van der Waals surface area (Å²) in [7, 11) is 0. The Morgan fingerprint density at radius 1 is 1.44 bits per heavy atom. The quantitative estimate of drug-likeness (QED) is 0.834. The van der Waals surface area contributed by atoms with Gasteiger partial charge in [0.15, 0.2) is 6.61 Å². The topological polar surface area (TPSA) is 59.6 Å². The fraction of sp³-hybridized carbons (Fsp3) is 0.462. The van der Waals surface area contributed by atoms with Crippen molar-refractivity contribution in [1.82, 2.24) is 5.32 Å². The van der Waals surface area contributed by atoms with E-state index in [0.29, 0.717) is 6.04 Å². The van der Waals surface area contributed by atoms with Crippen molar-refractivity contribution < 1.29 is 14.3 Å². The lowest BCUT2D eigenvalue weighted by atomic mass is 10.1. The Hall–Kier alpha value is -1.59. The summed E-state index contributed by atoms with van der Waals surface area (Å²) in [6.07, 6.45) is 1.06. The van der Waals surface area contributed by atoms with Crippen molar-refractivity contribution in [2.24, 2.45) is 0 Å². The largest absolute Gasteiger partial charge is 0.482 e. The minimum Gasteiger partial charge on any atom is -0.482 e. The zero-order chi connectivity index (χ0) is 12.4. The zero-order valence-corrected chi connectivity index (χ0v) is 10.1. The summed E-state index contributed by atoms with van der Waals surface area (Å²) in [5.41, 5.74) is 1.89. The molecule has 0 bridgehead atoms. The number of ether oxygens (including phenoxy) is 2.